The van der Waals surface area contributed by atoms with Gasteiger partial charge in [-0.1, -0.05) is 54.1 Å². The number of aliphatic carboxylic acids is 1. The normalized spacial score (nSPS) is 14.2. The fraction of sp³-hybridized carbons (Fsp3) is 0.259. The average Bonchev–Trinajstić information content (AvgIpc) is 2.89. The molecule has 3 aromatic rings. The minimum Gasteiger partial charge on any atom is -0.478 e. The summed E-state index contributed by atoms with van der Waals surface area (Å²) >= 11 is 6.03. The van der Waals surface area contributed by atoms with Crippen LogP contribution in [0.15, 0.2) is 77.7 Å². The van der Waals surface area contributed by atoms with Crippen LogP contribution in [0.3, 0.4) is 0 Å². The molecule has 1 aliphatic rings. The van der Waals surface area contributed by atoms with Gasteiger partial charge >= 0.3 is 18.1 Å². The number of rotatable bonds is 7. The number of nitrogens with one attached hydrogen (secondary N) is 1. The molecule has 1 heterocycles. The number of nitrogens with zero attached hydrogens (tertiary/aromatic N) is 1. The zero-order valence-electron chi connectivity index (χ0n) is 20.9. The number of carboxylic acid groups (broad SMARTS) is 2. The molecule has 13 heteroatoms. The highest BCUT2D eigenvalue weighted by atomic mass is 35.5. The number of piperidine rings is 1. The number of anilines is 2. The van der Waals surface area contributed by atoms with E-state index >= 15 is 0 Å². The van der Waals surface area contributed by atoms with Crippen molar-refractivity contribution in [2.75, 3.05) is 22.7 Å². The third-order valence-corrected chi connectivity index (χ3v) is 8.05. The van der Waals surface area contributed by atoms with Crippen molar-refractivity contribution in [3.63, 3.8) is 0 Å². The first kappa shape index (κ1) is 30.8. The van der Waals surface area contributed by atoms with Gasteiger partial charge in [-0.25, -0.2) is 18.0 Å². The molecular weight excluding hydrogens is 573 g/mol. The number of aromatic carboxylic acids is 1. The van der Waals surface area contributed by atoms with Gasteiger partial charge in [-0.05, 0) is 61.1 Å². The molecule has 40 heavy (non-hydrogen) atoms. The van der Waals surface area contributed by atoms with Gasteiger partial charge < -0.3 is 15.1 Å². The first-order valence-corrected chi connectivity index (χ1v) is 13.9. The third-order valence-electron chi connectivity index (χ3n) is 6.17. The van der Waals surface area contributed by atoms with Crippen LogP contribution in [0.4, 0.5) is 24.5 Å². The van der Waals surface area contributed by atoms with E-state index in [1.54, 1.807) is 24.3 Å². The van der Waals surface area contributed by atoms with Crippen LogP contribution in [-0.2, 0) is 21.2 Å². The maximum Gasteiger partial charge on any atom is 0.490 e. The quantitative estimate of drug-likeness (QED) is 0.308. The highest BCUT2D eigenvalue weighted by Gasteiger charge is 2.38. The molecule has 0 spiro atoms. The zero-order valence-corrected chi connectivity index (χ0v) is 22.5. The van der Waals surface area contributed by atoms with Crippen LogP contribution in [-0.4, -0.2) is 49.8 Å². The molecule has 0 unspecified atom stereocenters. The molecule has 0 saturated carbocycles. The van der Waals surface area contributed by atoms with E-state index in [9.17, 15) is 31.5 Å². The van der Waals surface area contributed by atoms with Gasteiger partial charge in [0.25, 0.3) is 10.0 Å². The number of carbonyl (C=O) groups is 2. The second-order valence-electron chi connectivity index (χ2n) is 9.00. The molecule has 1 saturated heterocycles. The van der Waals surface area contributed by atoms with E-state index in [4.69, 9.17) is 21.5 Å². The van der Waals surface area contributed by atoms with Crippen molar-refractivity contribution in [1.82, 2.24) is 0 Å². The highest BCUT2D eigenvalue weighted by molar-refractivity contribution is 7.92. The number of benzene rings is 3. The van der Waals surface area contributed by atoms with Gasteiger partial charge in [0, 0.05) is 18.8 Å². The number of halogens is 4. The first-order chi connectivity index (χ1) is 18.8. The van der Waals surface area contributed by atoms with Gasteiger partial charge in [0.1, 0.15) is 4.90 Å². The molecule has 0 radical (unpaired) electrons. The molecule has 3 aromatic carbocycles. The molecule has 8 nitrogen and oxygen atoms in total. The smallest absolute Gasteiger partial charge is 0.478 e. The Morgan fingerprint density at radius 1 is 0.950 bits per heavy atom. The van der Waals surface area contributed by atoms with Crippen LogP contribution in [0.1, 0.15) is 28.8 Å². The molecule has 0 bridgehead atoms. The Morgan fingerprint density at radius 2 is 1.52 bits per heavy atom. The van der Waals surface area contributed by atoms with Gasteiger partial charge in [0.15, 0.2) is 0 Å². The number of hydrogen-bond donors (Lipinski definition) is 3. The minimum atomic E-state index is -5.08. The molecule has 0 atom stereocenters. The van der Waals surface area contributed by atoms with Crippen LogP contribution in [0.5, 0.6) is 0 Å². The summed E-state index contributed by atoms with van der Waals surface area (Å²) in [5.41, 5.74) is 2.16. The lowest BCUT2D eigenvalue weighted by molar-refractivity contribution is -0.192. The van der Waals surface area contributed by atoms with Gasteiger partial charge in [-0.3, -0.25) is 4.72 Å². The summed E-state index contributed by atoms with van der Waals surface area (Å²) in [6.45, 7) is 1.50. The Bertz CT molecular complexity index is 1440. The lowest BCUT2D eigenvalue weighted by atomic mass is 9.90. The largest absolute Gasteiger partial charge is 0.490 e. The summed E-state index contributed by atoms with van der Waals surface area (Å²) in [6, 6.07) is 21.1. The Labute approximate surface area is 234 Å². The van der Waals surface area contributed by atoms with Crippen LogP contribution >= 0.6 is 11.6 Å². The molecule has 4 rings (SSSR count). The van der Waals surface area contributed by atoms with Crippen LogP contribution in [0.2, 0.25) is 5.02 Å². The van der Waals surface area contributed by atoms with E-state index in [2.05, 4.69) is 21.8 Å². The molecule has 0 amide bonds. The van der Waals surface area contributed by atoms with Crippen molar-refractivity contribution in [1.29, 1.82) is 0 Å². The van der Waals surface area contributed by atoms with E-state index in [1.807, 2.05) is 18.2 Å². The highest BCUT2D eigenvalue weighted by Crippen LogP contribution is 2.31. The number of carboxylic acids is 2. The lowest BCUT2D eigenvalue weighted by Crippen LogP contribution is -2.35. The molecule has 0 aliphatic carbocycles. The molecular formula is C27H26ClF3N2O6S. The summed E-state index contributed by atoms with van der Waals surface area (Å²) in [5, 5.41) is 17.0. The SMILES string of the molecule is O=C(O)C(F)(F)F.O=C(O)c1cc(NS(=O)(=O)c2ccccc2Cl)ccc1N1CCC(Cc2ccccc2)CC1. The monoisotopic (exact) mass is 598 g/mol. The van der Waals surface area contributed by atoms with E-state index < -0.39 is 28.1 Å². The zero-order chi connectivity index (χ0) is 29.5. The summed E-state index contributed by atoms with van der Waals surface area (Å²) in [5.74, 6) is -3.30. The summed E-state index contributed by atoms with van der Waals surface area (Å²) in [6.07, 6.45) is -2.13. The van der Waals surface area contributed by atoms with E-state index in [-0.39, 0.29) is 21.2 Å². The average molecular weight is 599 g/mol. The van der Waals surface area contributed by atoms with Crippen LogP contribution in [0.25, 0.3) is 0 Å². The van der Waals surface area contributed by atoms with Crippen molar-refractivity contribution in [2.24, 2.45) is 5.92 Å². The predicted octanol–water partition coefficient (Wildman–Crippen LogP) is 5.93. The molecule has 1 aliphatic heterocycles. The van der Waals surface area contributed by atoms with Crippen molar-refractivity contribution >= 4 is 44.9 Å². The van der Waals surface area contributed by atoms with E-state index in [0.717, 1.165) is 32.4 Å². The van der Waals surface area contributed by atoms with E-state index in [0.29, 0.717) is 11.6 Å². The maximum absolute atomic E-state index is 12.7. The number of alkyl halides is 3. The standard InChI is InChI=1S/C25H25ClN2O4S.C2HF3O2/c26-22-8-4-5-9-24(22)33(31,32)27-20-10-11-23(21(17-20)25(29)30)28-14-12-19(13-15-28)16-18-6-2-1-3-7-18;3-2(4,5)1(6)7/h1-11,17,19,27H,12-16H2,(H,29,30);(H,6,7). The first-order valence-electron chi connectivity index (χ1n) is 12.0. The second-order valence-corrected chi connectivity index (χ2v) is 11.1. The molecule has 1 fully saturated rings. The molecule has 0 aromatic heterocycles. The Kier molecular flexibility index (Phi) is 10.0. The fourth-order valence-electron chi connectivity index (χ4n) is 4.24. The van der Waals surface area contributed by atoms with Crippen LogP contribution in [0, 0.1) is 5.92 Å². The van der Waals surface area contributed by atoms with Crippen molar-refractivity contribution < 1.29 is 41.4 Å². The fourth-order valence-corrected chi connectivity index (χ4v) is 5.81. The maximum atomic E-state index is 12.7. The van der Waals surface area contributed by atoms with Crippen molar-refractivity contribution in [3.05, 3.63) is 88.9 Å². The van der Waals surface area contributed by atoms with Crippen LogP contribution < -0.4 is 9.62 Å². The predicted molar refractivity (Wildman–Crippen MR) is 144 cm³/mol. The van der Waals surface area contributed by atoms with Crippen molar-refractivity contribution in [3.8, 4) is 0 Å². The Balaban J connectivity index is 0.000000559. The Morgan fingerprint density at radius 3 is 2.08 bits per heavy atom. The summed E-state index contributed by atoms with van der Waals surface area (Å²) in [7, 11) is -3.95. The van der Waals surface area contributed by atoms with Gasteiger partial charge in [-0.2, -0.15) is 13.2 Å². The van der Waals surface area contributed by atoms with Gasteiger partial charge in [-0.15, -0.1) is 0 Å². The lowest BCUT2D eigenvalue weighted by Gasteiger charge is -2.34. The third kappa shape index (κ3) is 8.36. The Hall–Kier alpha value is -3.77. The van der Waals surface area contributed by atoms with E-state index in [1.165, 1.54) is 23.8 Å². The van der Waals surface area contributed by atoms with Crippen molar-refractivity contribution in [2.45, 2.75) is 30.3 Å². The van der Waals surface area contributed by atoms with Gasteiger partial charge in [0.2, 0.25) is 0 Å². The molecule has 214 valence electrons. The topological polar surface area (TPSA) is 124 Å². The minimum absolute atomic E-state index is 0.0619. The summed E-state index contributed by atoms with van der Waals surface area (Å²) in [4.78, 5) is 22.9. The van der Waals surface area contributed by atoms with Gasteiger partial charge in [0.05, 0.1) is 16.3 Å². The molecule has 3 N–H and O–H groups in total. The number of hydrogen-bond acceptors (Lipinski definition) is 5. The number of sulfonamides is 1. The summed E-state index contributed by atoms with van der Waals surface area (Å²) < 4.78 is 59.6. The second kappa shape index (κ2) is 13.1.